The van der Waals surface area contributed by atoms with Gasteiger partial charge in [-0.3, -0.25) is 9.39 Å². The maximum atomic E-state index is 5.48. The van der Waals surface area contributed by atoms with Crippen LogP contribution in [-0.2, 0) is 13.1 Å². The number of guanidine groups is 1. The summed E-state index contributed by atoms with van der Waals surface area (Å²) in [5.41, 5.74) is 2.21. The van der Waals surface area contributed by atoms with Crippen LogP contribution in [0.2, 0.25) is 0 Å². The number of nitrogens with one attached hydrogen (secondary N) is 1. The van der Waals surface area contributed by atoms with Crippen molar-refractivity contribution in [3.63, 3.8) is 0 Å². The van der Waals surface area contributed by atoms with Crippen molar-refractivity contribution in [1.29, 1.82) is 0 Å². The minimum atomic E-state index is 0.648. The number of ether oxygens (including phenoxy) is 1. The lowest BCUT2D eigenvalue weighted by Gasteiger charge is -2.22. The molecule has 0 aliphatic carbocycles. The van der Waals surface area contributed by atoms with Crippen molar-refractivity contribution in [3.05, 3.63) is 53.3 Å². The van der Waals surface area contributed by atoms with Crippen molar-refractivity contribution in [2.75, 3.05) is 20.7 Å². The molecule has 3 aromatic rings. The molecule has 0 spiro atoms. The molecule has 3 rings (SSSR count). The number of aromatic nitrogens is 2. The summed E-state index contributed by atoms with van der Waals surface area (Å²) in [6.07, 6.45) is 4.06. The summed E-state index contributed by atoms with van der Waals surface area (Å²) < 4.78 is 7.52. The maximum Gasteiger partial charge on any atom is 0.194 e. The van der Waals surface area contributed by atoms with Gasteiger partial charge in [0.1, 0.15) is 5.75 Å². The Kier molecular flexibility index (Phi) is 5.55. The summed E-state index contributed by atoms with van der Waals surface area (Å²) in [7, 11) is 3.82. The van der Waals surface area contributed by atoms with Gasteiger partial charge in [-0.1, -0.05) is 12.1 Å². The van der Waals surface area contributed by atoms with Gasteiger partial charge in [0.2, 0.25) is 0 Å². The molecule has 0 bridgehead atoms. The van der Waals surface area contributed by atoms with Crippen LogP contribution in [0.3, 0.4) is 0 Å². The Hall–Kier alpha value is -2.54. The van der Waals surface area contributed by atoms with E-state index in [2.05, 4.69) is 32.3 Å². The highest BCUT2D eigenvalue weighted by Crippen LogP contribution is 2.14. The number of rotatable bonds is 6. The molecule has 1 N–H and O–H groups in total. The summed E-state index contributed by atoms with van der Waals surface area (Å²) >= 11 is 1.63. The van der Waals surface area contributed by atoms with Gasteiger partial charge in [-0.15, -0.1) is 11.3 Å². The number of fused-ring (bicyclic) bond motifs is 1. The number of benzene rings is 1. The van der Waals surface area contributed by atoms with Gasteiger partial charge < -0.3 is 15.0 Å². The van der Waals surface area contributed by atoms with Gasteiger partial charge in [-0.25, -0.2) is 4.98 Å². The number of imidazole rings is 1. The molecule has 0 amide bonds. The smallest absolute Gasteiger partial charge is 0.194 e. The number of hydrogen-bond donors (Lipinski definition) is 1. The van der Waals surface area contributed by atoms with E-state index in [1.54, 1.807) is 18.4 Å². The molecule has 0 aliphatic heterocycles. The molecule has 25 heavy (non-hydrogen) atoms. The average molecular weight is 357 g/mol. The summed E-state index contributed by atoms with van der Waals surface area (Å²) in [5, 5.41) is 5.40. The Morgan fingerprint density at radius 1 is 1.36 bits per heavy atom. The molecular weight excluding hydrogens is 334 g/mol. The fourth-order valence-corrected chi connectivity index (χ4v) is 3.34. The second kappa shape index (κ2) is 8.02. The fourth-order valence-electron chi connectivity index (χ4n) is 2.62. The van der Waals surface area contributed by atoms with Crippen molar-refractivity contribution in [2.45, 2.75) is 20.0 Å². The Bertz CT molecular complexity index is 808. The van der Waals surface area contributed by atoms with Crippen LogP contribution in [0.25, 0.3) is 4.96 Å². The topological polar surface area (TPSA) is 54.2 Å². The highest BCUT2D eigenvalue weighted by atomic mass is 32.1. The fraction of sp³-hybridized carbons (Fsp3) is 0.333. The molecule has 0 saturated heterocycles. The molecule has 0 unspecified atom stereocenters. The molecular formula is C18H23N5OS. The first-order valence-corrected chi connectivity index (χ1v) is 9.12. The Balaban J connectivity index is 1.57. The minimum Gasteiger partial charge on any atom is -0.494 e. The Morgan fingerprint density at radius 2 is 2.16 bits per heavy atom. The lowest BCUT2D eigenvalue weighted by molar-refractivity contribution is 0.340. The van der Waals surface area contributed by atoms with E-state index in [4.69, 9.17) is 4.74 Å². The first kappa shape index (κ1) is 17.3. The summed E-state index contributed by atoms with van der Waals surface area (Å²) in [6.45, 7) is 4.09. The predicted molar refractivity (Wildman–Crippen MR) is 102 cm³/mol. The second-order valence-corrected chi connectivity index (χ2v) is 6.53. The van der Waals surface area contributed by atoms with Crippen LogP contribution < -0.4 is 10.1 Å². The van der Waals surface area contributed by atoms with Crippen LogP contribution in [0.1, 0.15) is 18.2 Å². The van der Waals surface area contributed by atoms with Crippen LogP contribution in [0.4, 0.5) is 0 Å². The molecule has 0 atom stereocenters. The summed E-state index contributed by atoms with van der Waals surface area (Å²) in [4.78, 5) is 12.0. The third-order valence-corrected chi connectivity index (χ3v) is 4.57. The van der Waals surface area contributed by atoms with Crippen molar-refractivity contribution < 1.29 is 4.74 Å². The van der Waals surface area contributed by atoms with Crippen molar-refractivity contribution >= 4 is 22.3 Å². The highest BCUT2D eigenvalue weighted by Gasteiger charge is 2.08. The van der Waals surface area contributed by atoms with Gasteiger partial charge >= 0.3 is 0 Å². The quantitative estimate of drug-likeness (QED) is 0.544. The molecule has 2 aromatic heterocycles. The molecule has 2 heterocycles. The minimum absolute atomic E-state index is 0.648. The molecule has 132 valence electrons. The normalized spacial score (nSPS) is 11.7. The first-order valence-electron chi connectivity index (χ1n) is 8.24. The van der Waals surface area contributed by atoms with Crippen molar-refractivity contribution in [3.8, 4) is 5.75 Å². The maximum absolute atomic E-state index is 5.48. The zero-order valence-corrected chi connectivity index (χ0v) is 15.6. The van der Waals surface area contributed by atoms with Gasteiger partial charge in [-0.2, -0.15) is 0 Å². The van der Waals surface area contributed by atoms with E-state index in [0.717, 1.165) is 28.9 Å². The van der Waals surface area contributed by atoms with Crippen LogP contribution in [-0.4, -0.2) is 40.9 Å². The van der Waals surface area contributed by atoms with E-state index < -0.39 is 0 Å². The van der Waals surface area contributed by atoms with Crippen LogP contribution in [0.5, 0.6) is 5.75 Å². The van der Waals surface area contributed by atoms with E-state index in [1.165, 1.54) is 5.56 Å². The number of aliphatic imine (C=N–C) groups is 1. The van der Waals surface area contributed by atoms with E-state index >= 15 is 0 Å². The summed E-state index contributed by atoms with van der Waals surface area (Å²) in [6, 6.07) is 8.16. The predicted octanol–water partition coefficient (Wildman–Crippen LogP) is 3.00. The van der Waals surface area contributed by atoms with E-state index in [1.807, 2.05) is 48.3 Å². The molecule has 6 nitrogen and oxygen atoms in total. The highest BCUT2D eigenvalue weighted by molar-refractivity contribution is 7.15. The van der Waals surface area contributed by atoms with Crippen molar-refractivity contribution in [2.24, 2.45) is 4.99 Å². The SMILES string of the molecule is CCOc1ccc(CN(C)C(=NC)NCc2cn3ccsc3n2)cc1. The number of nitrogens with zero attached hydrogens (tertiary/aromatic N) is 4. The molecule has 0 radical (unpaired) electrons. The summed E-state index contributed by atoms with van der Waals surface area (Å²) in [5.74, 6) is 1.74. The molecule has 0 aliphatic rings. The molecule has 7 heteroatoms. The van der Waals surface area contributed by atoms with Crippen LogP contribution >= 0.6 is 11.3 Å². The molecule has 0 saturated carbocycles. The van der Waals surface area contributed by atoms with E-state index in [-0.39, 0.29) is 0 Å². The second-order valence-electron chi connectivity index (χ2n) is 5.66. The Morgan fingerprint density at radius 3 is 2.84 bits per heavy atom. The van der Waals surface area contributed by atoms with Gasteiger partial charge in [0, 0.05) is 38.4 Å². The lowest BCUT2D eigenvalue weighted by Crippen LogP contribution is -2.38. The zero-order valence-electron chi connectivity index (χ0n) is 14.8. The lowest BCUT2D eigenvalue weighted by atomic mass is 10.2. The van der Waals surface area contributed by atoms with Gasteiger partial charge in [0.15, 0.2) is 10.9 Å². The molecule has 0 fully saturated rings. The van der Waals surface area contributed by atoms with Gasteiger partial charge in [-0.05, 0) is 24.6 Å². The molecule has 1 aromatic carbocycles. The monoisotopic (exact) mass is 357 g/mol. The van der Waals surface area contributed by atoms with Crippen LogP contribution in [0.15, 0.2) is 47.0 Å². The first-order chi connectivity index (χ1) is 12.2. The van der Waals surface area contributed by atoms with Gasteiger partial charge in [0.05, 0.1) is 18.8 Å². The van der Waals surface area contributed by atoms with E-state index in [0.29, 0.717) is 13.2 Å². The largest absolute Gasteiger partial charge is 0.494 e. The standard InChI is InChI=1S/C18H23N5OS/c1-4-24-16-7-5-14(6-8-16)12-22(3)17(19-2)20-11-15-13-23-9-10-25-18(23)21-15/h5-10,13H,4,11-12H2,1-3H3,(H,19,20). The third kappa shape index (κ3) is 4.30. The van der Waals surface area contributed by atoms with Crippen LogP contribution in [0, 0.1) is 0 Å². The third-order valence-electron chi connectivity index (χ3n) is 3.80. The zero-order chi connectivity index (χ0) is 17.6. The number of thiazole rings is 1. The van der Waals surface area contributed by atoms with Crippen molar-refractivity contribution in [1.82, 2.24) is 19.6 Å². The van der Waals surface area contributed by atoms with E-state index in [9.17, 15) is 0 Å². The van der Waals surface area contributed by atoms with Gasteiger partial charge in [0.25, 0.3) is 0 Å². The Labute approximate surface area is 151 Å². The average Bonchev–Trinajstić information content (AvgIpc) is 3.19. The number of hydrogen-bond acceptors (Lipinski definition) is 4.